The highest BCUT2D eigenvalue weighted by Gasteiger charge is 2.27. The normalized spacial score (nSPS) is 17.4. The van der Waals surface area contributed by atoms with Crippen LogP contribution in [0.2, 0.25) is 5.02 Å². The SMILES string of the molecule is O=C(CSCc1ccc(Cl)cc1)N1CCC[C@H](c2nnc3ccccn23)C1. The molecule has 3 heterocycles. The molecule has 1 saturated heterocycles. The van der Waals surface area contributed by atoms with Crippen molar-refractivity contribution in [3.8, 4) is 0 Å². The van der Waals surface area contributed by atoms with Gasteiger partial charge in [-0.05, 0) is 42.7 Å². The smallest absolute Gasteiger partial charge is 0.232 e. The largest absolute Gasteiger partial charge is 0.341 e. The van der Waals surface area contributed by atoms with Crippen LogP contribution in [0.4, 0.5) is 0 Å². The summed E-state index contributed by atoms with van der Waals surface area (Å²) in [6, 6.07) is 13.7. The Labute approximate surface area is 167 Å². The van der Waals surface area contributed by atoms with Gasteiger partial charge in [0.1, 0.15) is 5.82 Å². The molecule has 0 radical (unpaired) electrons. The Morgan fingerprint density at radius 2 is 2.04 bits per heavy atom. The molecule has 1 aliphatic rings. The minimum atomic E-state index is 0.201. The summed E-state index contributed by atoms with van der Waals surface area (Å²) in [5, 5.41) is 9.37. The Morgan fingerprint density at radius 1 is 1.19 bits per heavy atom. The topological polar surface area (TPSA) is 50.5 Å². The highest BCUT2D eigenvalue weighted by molar-refractivity contribution is 7.99. The number of thioether (sulfide) groups is 1. The highest BCUT2D eigenvalue weighted by Crippen LogP contribution is 2.26. The lowest BCUT2D eigenvalue weighted by molar-refractivity contribution is -0.129. The summed E-state index contributed by atoms with van der Waals surface area (Å²) in [4.78, 5) is 14.6. The van der Waals surface area contributed by atoms with E-state index in [0.717, 1.165) is 48.2 Å². The van der Waals surface area contributed by atoms with E-state index in [9.17, 15) is 4.79 Å². The predicted molar refractivity (Wildman–Crippen MR) is 109 cm³/mol. The number of hydrogen-bond acceptors (Lipinski definition) is 4. The van der Waals surface area contributed by atoms with Gasteiger partial charge in [0.15, 0.2) is 5.65 Å². The molecule has 1 amide bonds. The maximum atomic E-state index is 12.7. The number of pyridine rings is 1. The molecular formula is C20H21ClN4OS. The number of amides is 1. The Hall–Kier alpha value is -2.05. The molecule has 1 fully saturated rings. The van der Waals surface area contributed by atoms with Crippen LogP contribution in [0.3, 0.4) is 0 Å². The third-order valence-corrected chi connectivity index (χ3v) is 6.13. The molecule has 0 bridgehead atoms. The number of aromatic nitrogens is 3. The number of carbonyl (C=O) groups is 1. The summed E-state index contributed by atoms with van der Waals surface area (Å²) >= 11 is 7.56. The number of rotatable bonds is 5. The van der Waals surface area contributed by atoms with E-state index in [2.05, 4.69) is 10.2 Å². The molecule has 140 valence electrons. The summed E-state index contributed by atoms with van der Waals surface area (Å²) in [5.74, 6) is 2.70. The van der Waals surface area contributed by atoms with Crippen molar-refractivity contribution in [1.29, 1.82) is 0 Å². The minimum Gasteiger partial charge on any atom is -0.341 e. The number of carbonyl (C=O) groups excluding carboxylic acids is 1. The number of nitrogens with zero attached hydrogens (tertiary/aromatic N) is 4. The number of halogens is 1. The second-order valence-corrected chi connectivity index (χ2v) is 8.21. The number of benzene rings is 1. The van der Waals surface area contributed by atoms with Gasteiger partial charge in [0.05, 0.1) is 5.75 Å². The van der Waals surface area contributed by atoms with E-state index in [0.29, 0.717) is 5.75 Å². The lowest BCUT2D eigenvalue weighted by Crippen LogP contribution is -2.40. The number of piperidine rings is 1. The fourth-order valence-corrected chi connectivity index (χ4v) is 4.49. The standard InChI is InChI=1S/C20H21ClN4OS/c21-17-8-6-15(7-9-17)13-27-14-19(26)24-10-3-4-16(12-24)20-23-22-18-5-1-2-11-25(18)20/h1-2,5-9,11,16H,3-4,10,12-14H2/t16-/m0/s1. The quantitative estimate of drug-likeness (QED) is 0.649. The molecule has 1 aromatic carbocycles. The molecule has 3 aromatic rings. The summed E-state index contributed by atoms with van der Waals surface area (Å²) in [6.07, 6.45) is 4.03. The minimum absolute atomic E-state index is 0.201. The Morgan fingerprint density at radius 3 is 2.89 bits per heavy atom. The lowest BCUT2D eigenvalue weighted by Gasteiger charge is -2.32. The van der Waals surface area contributed by atoms with Crippen molar-refractivity contribution in [2.24, 2.45) is 0 Å². The van der Waals surface area contributed by atoms with Crippen molar-refractivity contribution < 1.29 is 4.79 Å². The van der Waals surface area contributed by atoms with Crippen LogP contribution in [0, 0.1) is 0 Å². The van der Waals surface area contributed by atoms with Gasteiger partial charge in [-0.3, -0.25) is 9.20 Å². The van der Waals surface area contributed by atoms with Gasteiger partial charge in [0, 0.05) is 36.0 Å². The van der Waals surface area contributed by atoms with Gasteiger partial charge in [-0.25, -0.2) is 0 Å². The summed E-state index contributed by atoms with van der Waals surface area (Å²) < 4.78 is 2.04. The fourth-order valence-electron chi connectivity index (χ4n) is 3.48. The van der Waals surface area contributed by atoms with E-state index in [1.807, 2.05) is 58.0 Å². The van der Waals surface area contributed by atoms with Crippen molar-refractivity contribution in [3.63, 3.8) is 0 Å². The van der Waals surface area contributed by atoms with Crippen LogP contribution in [-0.2, 0) is 10.5 Å². The first-order valence-electron chi connectivity index (χ1n) is 9.10. The zero-order valence-corrected chi connectivity index (χ0v) is 16.5. The van der Waals surface area contributed by atoms with Crippen molar-refractivity contribution >= 4 is 34.9 Å². The lowest BCUT2D eigenvalue weighted by atomic mass is 9.97. The second-order valence-electron chi connectivity index (χ2n) is 6.79. The zero-order valence-electron chi connectivity index (χ0n) is 14.9. The van der Waals surface area contributed by atoms with E-state index in [1.54, 1.807) is 11.8 Å². The molecule has 7 heteroatoms. The fraction of sp³-hybridized carbons (Fsp3) is 0.350. The van der Waals surface area contributed by atoms with Gasteiger partial charge in [-0.2, -0.15) is 0 Å². The van der Waals surface area contributed by atoms with Crippen molar-refractivity contribution in [1.82, 2.24) is 19.5 Å². The summed E-state index contributed by atoms with van der Waals surface area (Å²) in [5.41, 5.74) is 2.04. The van der Waals surface area contributed by atoms with Gasteiger partial charge in [0.25, 0.3) is 0 Å². The summed E-state index contributed by atoms with van der Waals surface area (Å²) in [7, 11) is 0. The van der Waals surface area contributed by atoms with Crippen LogP contribution >= 0.6 is 23.4 Å². The first kappa shape index (κ1) is 18.3. The summed E-state index contributed by atoms with van der Waals surface area (Å²) in [6.45, 7) is 1.55. The van der Waals surface area contributed by atoms with Crippen molar-refractivity contribution in [2.75, 3.05) is 18.8 Å². The first-order valence-corrected chi connectivity index (χ1v) is 10.6. The van der Waals surface area contributed by atoms with Gasteiger partial charge < -0.3 is 4.90 Å². The zero-order chi connectivity index (χ0) is 18.6. The molecular weight excluding hydrogens is 380 g/mol. The van der Waals surface area contributed by atoms with Crippen molar-refractivity contribution in [2.45, 2.75) is 24.5 Å². The maximum Gasteiger partial charge on any atom is 0.232 e. The van der Waals surface area contributed by atoms with Crippen LogP contribution in [0.5, 0.6) is 0 Å². The number of hydrogen-bond donors (Lipinski definition) is 0. The Bertz CT molecular complexity index is 927. The molecule has 0 spiro atoms. The maximum absolute atomic E-state index is 12.7. The third-order valence-electron chi connectivity index (χ3n) is 4.89. The molecule has 0 unspecified atom stereocenters. The molecule has 1 aliphatic heterocycles. The van der Waals surface area contributed by atoms with Crippen LogP contribution in [0.25, 0.3) is 5.65 Å². The Kier molecular flexibility index (Phi) is 5.64. The van der Waals surface area contributed by atoms with Gasteiger partial charge in [0.2, 0.25) is 5.91 Å². The molecule has 0 saturated carbocycles. The monoisotopic (exact) mass is 400 g/mol. The van der Waals surface area contributed by atoms with E-state index >= 15 is 0 Å². The van der Waals surface area contributed by atoms with E-state index in [4.69, 9.17) is 11.6 Å². The van der Waals surface area contributed by atoms with E-state index < -0.39 is 0 Å². The average molecular weight is 401 g/mol. The molecule has 2 aromatic heterocycles. The van der Waals surface area contributed by atoms with Gasteiger partial charge >= 0.3 is 0 Å². The van der Waals surface area contributed by atoms with Crippen LogP contribution in [-0.4, -0.2) is 44.2 Å². The Balaban J connectivity index is 1.35. The third kappa shape index (κ3) is 4.28. The molecule has 0 N–H and O–H groups in total. The highest BCUT2D eigenvalue weighted by atomic mass is 35.5. The van der Waals surface area contributed by atoms with Crippen LogP contribution in [0.15, 0.2) is 48.7 Å². The first-order chi connectivity index (χ1) is 13.2. The predicted octanol–water partition coefficient (Wildman–Crippen LogP) is 4.02. The molecule has 1 atom stereocenters. The molecule has 5 nitrogen and oxygen atoms in total. The molecule has 27 heavy (non-hydrogen) atoms. The van der Waals surface area contributed by atoms with E-state index in [-0.39, 0.29) is 11.8 Å². The molecule has 0 aliphatic carbocycles. The van der Waals surface area contributed by atoms with Gasteiger partial charge in [-0.15, -0.1) is 22.0 Å². The number of likely N-dealkylation sites (tertiary alicyclic amines) is 1. The molecule has 4 rings (SSSR count). The second kappa shape index (κ2) is 8.31. The van der Waals surface area contributed by atoms with Crippen LogP contribution in [0.1, 0.15) is 30.1 Å². The average Bonchev–Trinajstić information content (AvgIpc) is 3.14. The number of fused-ring (bicyclic) bond motifs is 1. The van der Waals surface area contributed by atoms with Gasteiger partial charge in [-0.1, -0.05) is 29.8 Å². The van der Waals surface area contributed by atoms with Crippen molar-refractivity contribution in [3.05, 3.63) is 65.1 Å². The van der Waals surface area contributed by atoms with Crippen LogP contribution < -0.4 is 0 Å². The van der Waals surface area contributed by atoms with E-state index in [1.165, 1.54) is 5.56 Å².